The molecule has 236 valence electrons. The topological polar surface area (TPSA) is 105 Å². The van der Waals surface area contributed by atoms with E-state index in [0.717, 1.165) is 9.87 Å². The van der Waals surface area contributed by atoms with Crippen LogP contribution in [0.25, 0.3) is 0 Å². The lowest BCUT2D eigenvalue weighted by atomic mass is 10.0. The van der Waals surface area contributed by atoms with E-state index >= 15 is 0 Å². The van der Waals surface area contributed by atoms with Crippen LogP contribution in [0.3, 0.4) is 0 Å². The van der Waals surface area contributed by atoms with Gasteiger partial charge in [-0.1, -0.05) is 72.3 Å². The highest BCUT2D eigenvalue weighted by molar-refractivity contribution is 7.92. The van der Waals surface area contributed by atoms with Gasteiger partial charge in [0, 0.05) is 30.6 Å². The maximum Gasteiger partial charge on any atom is 0.264 e. The second-order valence-corrected chi connectivity index (χ2v) is 12.4. The molecule has 0 aliphatic heterocycles. The Morgan fingerprint density at radius 2 is 1.51 bits per heavy atom. The monoisotopic (exact) mass is 649 g/mol. The molecule has 0 bridgehead atoms. The summed E-state index contributed by atoms with van der Waals surface area (Å²) in [5.74, 6) is -0.389. The minimum Gasteiger partial charge on any atom is -0.497 e. The maximum atomic E-state index is 14.5. The molecule has 0 aliphatic carbocycles. The van der Waals surface area contributed by atoms with Crippen molar-refractivity contribution in [1.29, 1.82) is 0 Å². The average Bonchev–Trinajstić information content (AvgIpc) is 3.05. The number of carbonyl (C=O) groups excluding carboxylic acids is 2. The number of carbonyl (C=O) groups is 2. The van der Waals surface area contributed by atoms with Crippen LogP contribution in [-0.4, -0.2) is 58.5 Å². The van der Waals surface area contributed by atoms with E-state index in [4.69, 9.17) is 21.1 Å². The van der Waals surface area contributed by atoms with E-state index in [0.29, 0.717) is 22.9 Å². The summed E-state index contributed by atoms with van der Waals surface area (Å²) in [4.78, 5) is 29.5. The molecule has 9 nitrogen and oxygen atoms in total. The quantitative estimate of drug-likeness (QED) is 0.198. The molecule has 0 spiro atoms. The molecule has 0 saturated heterocycles. The molecule has 0 radical (unpaired) electrons. The Morgan fingerprint density at radius 1 is 0.844 bits per heavy atom. The van der Waals surface area contributed by atoms with Crippen molar-refractivity contribution in [2.45, 2.75) is 30.8 Å². The number of nitrogens with one attached hydrogen (secondary N) is 1. The summed E-state index contributed by atoms with van der Waals surface area (Å²) in [7, 11) is -1.43. The van der Waals surface area contributed by atoms with Crippen molar-refractivity contribution in [2.24, 2.45) is 0 Å². The van der Waals surface area contributed by atoms with E-state index in [1.54, 1.807) is 61.5 Å². The zero-order valence-electron chi connectivity index (χ0n) is 25.4. The van der Waals surface area contributed by atoms with Gasteiger partial charge in [-0.05, 0) is 54.4 Å². The number of methoxy groups -OCH3 is 2. The molecule has 45 heavy (non-hydrogen) atoms. The van der Waals surface area contributed by atoms with Gasteiger partial charge in [-0.15, -0.1) is 0 Å². The van der Waals surface area contributed by atoms with E-state index in [1.165, 1.54) is 37.3 Å². The van der Waals surface area contributed by atoms with Crippen molar-refractivity contribution in [3.8, 4) is 11.5 Å². The number of amides is 2. The molecule has 1 atom stereocenters. The van der Waals surface area contributed by atoms with Gasteiger partial charge >= 0.3 is 0 Å². The third-order valence-corrected chi connectivity index (χ3v) is 9.14. The number of halogens is 1. The van der Waals surface area contributed by atoms with Crippen LogP contribution in [0.4, 0.5) is 5.69 Å². The van der Waals surface area contributed by atoms with Crippen molar-refractivity contribution in [3.05, 3.63) is 119 Å². The van der Waals surface area contributed by atoms with Crippen molar-refractivity contribution in [1.82, 2.24) is 10.2 Å². The molecular formula is C34H36ClN3O6S. The highest BCUT2D eigenvalue weighted by Crippen LogP contribution is 2.36. The van der Waals surface area contributed by atoms with Crippen LogP contribution >= 0.6 is 11.6 Å². The lowest BCUT2D eigenvalue weighted by Crippen LogP contribution is -2.53. The van der Waals surface area contributed by atoms with Crippen LogP contribution in [-0.2, 0) is 32.6 Å². The van der Waals surface area contributed by atoms with E-state index in [1.807, 2.05) is 30.3 Å². The molecule has 11 heteroatoms. The first-order valence-electron chi connectivity index (χ1n) is 14.3. The summed E-state index contributed by atoms with van der Waals surface area (Å²) in [5, 5.41) is 3.31. The number of likely N-dealkylation sites (N-methyl/N-ethyl adjacent to an activating group) is 1. The van der Waals surface area contributed by atoms with Gasteiger partial charge < -0.3 is 19.7 Å². The van der Waals surface area contributed by atoms with E-state index in [-0.39, 0.29) is 35.2 Å². The summed E-state index contributed by atoms with van der Waals surface area (Å²) < 4.78 is 40.4. The maximum absolute atomic E-state index is 14.5. The smallest absolute Gasteiger partial charge is 0.264 e. The van der Waals surface area contributed by atoms with Crippen molar-refractivity contribution >= 4 is 39.1 Å². The Kier molecular flexibility index (Phi) is 11.5. The lowest BCUT2D eigenvalue weighted by Gasteiger charge is -2.34. The third-order valence-electron chi connectivity index (χ3n) is 7.13. The molecule has 0 saturated carbocycles. The van der Waals surface area contributed by atoms with Crippen LogP contribution < -0.4 is 19.1 Å². The van der Waals surface area contributed by atoms with Crippen LogP contribution in [0.15, 0.2) is 108 Å². The zero-order valence-corrected chi connectivity index (χ0v) is 26.9. The molecule has 0 unspecified atom stereocenters. The van der Waals surface area contributed by atoms with Gasteiger partial charge in [0.15, 0.2) is 0 Å². The van der Waals surface area contributed by atoms with Crippen molar-refractivity contribution in [2.75, 3.05) is 31.6 Å². The standard InChI is InChI=1S/C34H36ClN3O6S/c1-4-36-34(40)31(21-25-12-7-5-8-13-25)37(23-26-14-11-15-27(35)20-26)33(39)24-38(45(41,42)29-16-9-6-10-17-29)30-22-28(43-2)18-19-32(30)44-3/h5-20,22,31H,4,21,23-24H2,1-3H3,(H,36,40)/t31-/m0/s1. The number of hydrogen-bond donors (Lipinski definition) is 1. The second kappa shape index (κ2) is 15.5. The Hall–Kier alpha value is -4.54. The van der Waals surface area contributed by atoms with Gasteiger partial charge in [-0.2, -0.15) is 0 Å². The molecule has 4 aromatic rings. The van der Waals surface area contributed by atoms with Gasteiger partial charge in [0.1, 0.15) is 24.1 Å². The van der Waals surface area contributed by atoms with Gasteiger partial charge in [0.2, 0.25) is 11.8 Å². The molecule has 2 amide bonds. The molecule has 0 heterocycles. The summed E-state index contributed by atoms with van der Waals surface area (Å²) in [6.45, 7) is 1.51. The highest BCUT2D eigenvalue weighted by atomic mass is 35.5. The van der Waals surface area contributed by atoms with Crippen LogP contribution in [0.5, 0.6) is 11.5 Å². The Bertz CT molecular complexity index is 1700. The average molecular weight is 650 g/mol. The Labute approximate surface area is 269 Å². The summed E-state index contributed by atoms with van der Waals surface area (Å²) >= 11 is 6.29. The molecular weight excluding hydrogens is 614 g/mol. The third kappa shape index (κ3) is 8.34. The number of sulfonamides is 1. The minimum atomic E-state index is -4.31. The first kappa shape index (κ1) is 33.4. The second-order valence-electron chi connectivity index (χ2n) is 10.1. The van der Waals surface area contributed by atoms with E-state index in [9.17, 15) is 18.0 Å². The normalized spacial score (nSPS) is 11.7. The SMILES string of the molecule is CCNC(=O)[C@H](Cc1ccccc1)N(Cc1cccc(Cl)c1)C(=O)CN(c1cc(OC)ccc1OC)S(=O)(=O)c1ccccc1. The molecule has 4 aromatic carbocycles. The van der Waals surface area contributed by atoms with Crippen LogP contribution in [0.1, 0.15) is 18.1 Å². The first-order chi connectivity index (χ1) is 21.7. The number of ether oxygens (including phenoxy) is 2. The highest BCUT2D eigenvalue weighted by Gasteiger charge is 2.35. The fourth-order valence-electron chi connectivity index (χ4n) is 4.90. The number of benzene rings is 4. The fraction of sp³-hybridized carbons (Fsp3) is 0.235. The van der Waals surface area contributed by atoms with Crippen LogP contribution in [0.2, 0.25) is 5.02 Å². The predicted octanol–water partition coefficient (Wildman–Crippen LogP) is 5.33. The molecule has 0 fully saturated rings. The zero-order chi connectivity index (χ0) is 32.4. The van der Waals surface area contributed by atoms with Gasteiger partial charge in [-0.3, -0.25) is 13.9 Å². The first-order valence-corrected chi connectivity index (χ1v) is 16.1. The summed E-state index contributed by atoms with van der Waals surface area (Å²) in [6.07, 6.45) is 0.201. The minimum absolute atomic E-state index is 0.00248. The van der Waals surface area contributed by atoms with Gasteiger partial charge in [0.25, 0.3) is 10.0 Å². The van der Waals surface area contributed by atoms with E-state index < -0.39 is 28.5 Å². The lowest BCUT2D eigenvalue weighted by molar-refractivity contribution is -0.140. The number of nitrogens with zero attached hydrogens (tertiary/aromatic N) is 2. The molecule has 0 aliphatic rings. The molecule has 4 rings (SSSR count). The van der Waals surface area contributed by atoms with E-state index in [2.05, 4.69) is 5.32 Å². The van der Waals surface area contributed by atoms with Crippen molar-refractivity contribution < 1.29 is 27.5 Å². The van der Waals surface area contributed by atoms with Crippen molar-refractivity contribution in [3.63, 3.8) is 0 Å². The molecule has 0 aromatic heterocycles. The number of hydrogen-bond acceptors (Lipinski definition) is 6. The predicted molar refractivity (Wildman–Crippen MR) is 175 cm³/mol. The Morgan fingerprint density at radius 3 is 2.13 bits per heavy atom. The summed E-state index contributed by atoms with van der Waals surface area (Å²) in [6, 6.07) is 27.9. The van der Waals surface area contributed by atoms with Gasteiger partial charge in [0.05, 0.1) is 24.8 Å². The number of anilines is 1. The van der Waals surface area contributed by atoms with Gasteiger partial charge in [-0.25, -0.2) is 8.42 Å². The molecule has 1 N–H and O–H groups in total. The Balaban J connectivity index is 1.85. The summed E-state index contributed by atoms with van der Waals surface area (Å²) in [5.41, 5.74) is 1.62. The fourth-order valence-corrected chi connectivity index (χ4v) is 6.55. The number of rotatable bonds is 14. The van der Waals surface area contributed by atoms with Crippen LogP contribution in [0, 0.1) is 0 Å². The largest absolute Gasteiger partial charge is 0.497 e.